The van der Waals surface area contributed by atoms with Crippen molar-refractivity contribution < 1.29 is 4.79 Å². The summed E-state index contributed by atoms with van der Waals surface area (Å²) in [5.41, 5.74) is 1.80. The summed E-state index contributed by atoms with van der Waals surface area (Å²) < 4.78 is 0. The van der Waals surface area contributed by atoms with Gasteiger partial charge in [-0.1, -0.05) is 35.9 Å². The molecule has 0 fully saturated rings. The molecule has 0 spiro atoms. The highest BCUT2D eigenvalue weighted by Gasteiger charge is 2.10. The molecule has 0 saturated heterocycles. The summed E-state index contributed by atoms with van der Waals surface area (Å²) in [6.45, 7) is 2.22. The number of amides is 1. The van der Waals surface area contributed by atoms with E-state index in [1.165, 1.54) is 0 Å². The molecule has 2 aromatic carbocycles. The van der Waals surface area contributed by atoms with Crippen LogP contribution in [0.5, 0.6) is 0 Å². The predicted octanol–water partition coefficient (Wildman–Crippen LogP) is 4.35. The van der Waals surface area contributed by atoms with Crippen molar-refractivity contribution in [3.05, 3.63) is 59.1 Å². The van der Waals surface area contributed by atoms with Crippen LogP contribution in [0.15, 0.2) is 53.4 Å². The predicted molar refractivity (Wildman–Crippen MR) is 94.7 cm³/mol. The van der Waals surface area contributed by atoms with Crippen molar-refractivity contribution in [2.24, 2.45) is 0 Å². The normalized spacial score (nSPS) is 12.0. The Morgan fingerprint density at radius 1 is 1.23 bits per heavy atom. The van der Waals surface area contributed by atoms with Gasteiger partial charge in [-0.25, -0.2) is 0 Å². The van der Waals surface area contributed by atoms with Crippen molar-refractivity contribution in [1.82, 2.24) is 5.32 Å². The largest absolute Gasteiger partial charge is 0.325 e. The Kier molecular flexibility index (Phi) is 6.31. The van der Waals surface area contributed by atoms with Crippen LogP contribution in [0.2, 0.25) is 5.02 Å². The number of carbonyl (C=O) groups excluding carboxylic acids is 1. The molecule has 0 aromatic heterocycles. The lowest BCUT2D eigenvalue weighted by atomic mass is 10.1. The van der Waals surface area contributed by atoms with Crippen molar-refractivity contribution >= 4 is 35.0 Å². The molecule has 0 saturated carbocycles. The van der Waals surface area contributed by atoms with Crippen LogP contribution in [-0.4, -0.2) is 18.7 Å². The van der Waals surface area contributed by atoms with Crippen LogP contribution in [-0.2, 0) is 4.79 Å². The zero-order valence-electron chi connectivity index (χ0n) is 12.6. The minimum Gasteiger partial charge on any atom is -0.325 e. The fourth-order valence-corrected chi connectivity index (χ4v) is 2.85. The van der Waals surface area contributed by atoms with Gasteiger partial charge < -0.3 is 10.6 Å². The standard InChI is InChI=1S/C17H19ClN2OS/c1-12(15-8-3-4-9-16(15)18)19-11-17(21)20-13-6-5-7-14(10-13)22-2/h3-10,12,19H,11H2,1-2H3,(H,20,21). The van der Waals surface area contributed by atoms with E-state index in [-0.39, 0.29) is 18.5 Å². The average molecular weight is 335 g/mol. The van der Waals surface area contributed by atoms with Gasteiger partial charge in [0.2, 0.25) is 5.91 Å². The maximum absolute atomic E-state index is 12.0. The lowest BCUT2D eigenvalue weighted by molar-refractivity contribution is -0.115. The zero-order chi connectivity index (χ0) is 15.9. The van der Waals surface area contributed by atoms with E-state index in [2.05, 4.69) is 10.6 Å². The van der Waals surface area contributed by atoms with Gasteiger partial charge >= 0.3 is 0 Å². The maximum atomic E-state index is 12.0. The van der Waals surface area contributed by atoms with Gasteiger partial charge in [0.15, 0.2) is 0 Å². The molecule has 22 heavy (non-hydrogen) atoms. The fourth-order valence-electron chi connectivity index (χ4n) is 2.09. The van der Waals surface area contributed by atoms with E-state index >= 15 is 0 Å². The first-order chi connectivity index (χ1) is 10.6. The Bertz CT molecular complexity index is 648. The third kappa shape index (κ3) is 4.77. The van der Waals surface area contributed by atoms with Gasteiger partial charge in [0, 0.05) is 21.6 Å². The third-order valence-electron chi connectivity index (χ3n) is 3.29. The number of hydrogen-bond acceptors (Lipinski definition) is 3. The molecule has 0 bridgehead atoms. The van der Waals surface area contributed by atoms with Gasteiger partial charge in [-0.3, -0.25) is 4.79 Å². The highest BCUT2D eigenvalue weighted by atomic mass is 35.5. The average Bonchev–Trinajstić information content (AvgIpc) is 2.53. The molecule has 0 radical (unpaired) electrons. The highest BCUT2D eigenvalue weighted by molar-refractivity contribution is 7.98. The molecule has 0 aliphatic carbocycles. The van der Waals surface area contributed by atoms with E-state index in [0.29, 0.717) is 5.02 Å². The second-order valence-electron chi connectivity index (χ2n) is 4.90. The van der Waals surface area contributed by atoms with Gasteiger partial charge in [-0.15, -0.1) is 11.8 Å². The number of anilines is 1. The van der Waals surface area contributed by atoms with Gasteiger partial charge in [0.05, 0.1) is 6.54 Å². The van der Waals surface area contributed by atoms with Crippen LogP contribution in [0.1, 0.15) is 18.5 Å². The Labute approximate surface area is 140 Å². The molecule has 3 nitrogen and oxygen atoms in total. The number of benzene rings is 2. The van der Waals surface area contributed by atoms with Crippen molar-refractivity contribution in [3.63, 3.8) is 0 Å². The van der Waals surface area contributed by atoms with E-state index in [0.717, 1.165) is 16.1 Å². The fraction of sp³-hybridized carbons (Fsp3) is 0.235. The van der Waals surface area contributed by atoms with Crippen LogP contribution in [0, 0.1) is 0 Å². The second-order valence-corrected chi connectivity index (χ2v) is 6.19. The molecule has 0 heterocycles. The van der Waals surface area contributed by atoms with E-state index in [4.69, 9.17) is 11.6 Å². The number of nitrogens with one attached hydrogen (secondary N) is 2. The summed E-state index contributed by atoms with van der Waals surface area (Å²) in [4.78, 5) is 13.1. The van der Waals surface area contributed by atoms with E-state index in [9.17, 15) is 4.79 Å². The monoisotopic (exact) mass is 334 g/mol. The Hall–Kier alpha value is -1.49. The number of carbonyl (C=O) groups is 1. The topological polar surface area (TPSA) is 41.1 Å². The van der Waals surface area contributed by atoms with Gasteiger partial charge in [0.25, 0.3) is 0 Å². The van der Waals surface area contributed by atoms with Crippen molar-refractivity contribution in [3.8, 4) is 0 Å². The molecular formula is C17H19ClN2OS. The molecule has 0 aliphatic heterocycles. The molecule has 116 valence electrons. The summed E-state index contributed by atoms with van der Waals surface area (Å²) in [6, 6.07) is 15.4. The lowest BCUT2D eigenvalue weighted by Gasteiger charge is -2.15. The zero-order valence-corrected chi connectivity index (χ0v) is 14.2. The highest BCUT2D eigenvalue weighted by Crippen LogP contribution is 2.22. The van der Waals surface area contributed by atoms with Gasteiger partial charge in [-0.2, -0.15) is 0 Å². The van der Waals surface area contributed by atoms with Gasteiger partial charge in [-0.05, 0) is 43.0 Å². The first-order valence-electron chi connectivity index (χ1n) is 7.02. The summed E-state index contributed by atoms with van der Waals surface area (Å²) in [5, 5.41) is 6.78. The van der Waals surface area contributed by atoms with Gasteiger partial charge in [0.1, 0.15) is 0 Å². The quantitative estimate of drug-likeness (QED) is 0.771. The number of rotatable bonds is 6. The summed E-state index contributed by atoms with van der Waals surface area (Å²) >= 11 is 7.80. The second kappa shape index (κ2) is 8.22. The molecule has 2 N–H and O–H groups in total. The van der Waals surface area contributed by atoms with E-state index < -0.39 is 0 Å². The Morgan fingerprint density at radius 2 is 2.00 bits per heavy atom. The van der Waals surface area contributed by atoms with Crippen molar-refractivity contribution in [2.75, 3.05) is 18.1 Å². The maximum Gasteiger partial charge on any atom is 0.238 e. The van der Waals surface area contributed by atoms with E-state index in [1.54, 1.807) is 11.8 Å². The molecule has 1 atom stereocenters. The number of thioether (sulfide) groups is 1. The molecule has 0 aliphatic rings. The number of hydrogen-bond donors (Lipinski definition) is 2. The summed E-state index contributed by atoms with van der Waals surface area (Å²) in [6.07, 6.45) is 2.01. The molecule has 1 amide bonds. The first-order valence-corrected chi connectivity index (χ1v) is 8.62. The van der Waals surface area contributed by atoms with Crippen LogP contribution >= 0.6 is 23.4 Å². The van der Waals surface area contributed by atoms with E-state index in [1.807, 2.05) is 61.7 Å². The Morgan fingerprint density at radius 3 is 2.73 bits per heavy atom. The molecular weight excluding hydrogens is 316 g/mol. The Balaban J connectivity index is 1.88. The lowest BCUT2D eigenvalue weighted by Crippen LogP contribution is -2.30. The summed E-state index contributed by atoms with van der Waals surface area (Å²) in [5.74, 6) is -0.0721. The molecule has 2 rings (SSSR count). The third-order valence-corrected chi connectivity index (χ3v) is 4.36. The minimum absolute atomic E-state index is 0.0111. The smallest absolute Gasteiger partial charge is 0.238 e. The molecule has 2 aromatic rings. The minimum atomic E-state index is -0.0721. The molecule has 5 heteroatoms. The molecule has 1 unspecified atom stereocenters. The number of halogens is 1. The summed E-state index contributed by atoms with van der Waals surface area (Å²) in [7, 11) is 0. The SMILES string of the molecule is CSc1cccc(NC(=O)CNC(C)c2ccccc2Cl)c1. The van der Waals surface area contributed by atoms with Crippen LogP contribution in [0.25, 0.3) is 0 Å². The van der Waals surface area contributed by atoms with Crippen molar-refractivity contribution in [2.45, 2.75) is 17.9 Å². The first kappa shape index (κ1) is 16.9. The van der Waals surface area contributed by atoms with Crippen LogP contribution in [0.4, 0.5) is 5.69 Å². The van der Waals surface area contributed by atoms with Crippen LogP contribution < -0.4 is 10.6 Å². The van der Waals surface area contributed by atoms with Crippen molar-refractivity contribution in [1.29, 1.82) is 0 Å². The van der Waals surface area contributed by atoms with Crippen LogP contribution in [0.3, 0.4) is 0 Å².